The van der Waals surface area contributed by atoms with E-state index in [1.54, 1.807) is 17.5 Å². The van der Waals surface area contributed by atoms with Gasteiger partial charge in [0.25, 0.3) is 0 Å². The summed E-state index contributed by atoms with van der Waals surface area (Å²) >= 11 is 1.59. The summed E-state index contributed by atoms with van der Waals surface area (Å²) < 4.78 is 0. The van der Waals surface area contributed by atoms with Crippen molar-refractivity contribution in [2.24, 2.45) is 5.92 Å². The summed E-state index contributed by atoms with van der Waals surface area (Å²) in [5.74, 6) is 0.535. The van der Waals surface area contributed by atoms with E-state index in [9.17, 15) is 4.79 Å². The molecule has 5 heteroatoms. The van der Waals surface area contributed by atoms with Crippen molar-refractivity contribution in [1.82, 2.24) is 15.6 Å². The van der Waals surface area contributed by atoms with E-state index in [0.717, 1.165) is 11.6 Å². The molecule has 0 saturated carbocycles. The molecule has 2 N–H and O–H groups in total. The topological polar surface area (TPSA) is 54.0 Å². The quantitative estimate of drug-likeness (QED) is 0.762. The highest BCUT2D eigenvalue weighted by Crippen LogP contribution is 2.01. The van der Waals surface area contributed by atoms with Crippen molar-refractivity contribution in [2.45, 2.75) is 20.4 Å². The van der Waals surface area contributed by atoms with Gasteiger partial charge in [-0.2, -0.15) is 0 Å². The lowest BCUT2D eigenvalue weighted by molar-refractivity contribution is -0.120. The van der Waals surface area contributed by atoms with Crippen molar-refractivity contribution in [1.29, 1.82) is 0 Å². The first kappa shape index (κ1) is 12.1. The van der Waals surface area contributed by atoms with Crippen LogP contribution < -0.4 is 10.6 Å². The zero-order valence-corrected chi connectivity index (χ0v) is 9.93. The summed E-state index contributed by atoms with van der Waals surface area (Å²) in [6, 6.07) is 0. The molecule has 15 heavy (non-hydrogen) atoms. The molecule has 0 radical (unpaired) electrons. The first-order chi connectivity index (χ1) is 7.18. The monoisotopic (exact) mass is 227 g/mol. The molecule has 0 fully saturated rings. The van der Waals surface area contributed by atoms with Gasteiger partial charge in [-0.05, 0) is 5.92 Å². The average Bonchev–Trinajstić information content (AvgIpc) is 2.67. The van der Waals surface area contributed by atoms with E-state index < -0.39 is 0 Å². The fourth-order valence-corrected chi connectivity index (χ4v) is 1.59. The van der Waals surface area contributed by atoms with Crippen LogP contribution in [0.3, 0.4) is 0 Å². The normalized spacial score (nSPS) is 10.6. The van der Waals surface area contributed by atoms with Crippen LogP contribution in [0.2, 0.25) is 0 Å². The number of amides is 1. The van der Waals surface area contributed by atoms with Crippen LogP contribution in [0.5, 0.6) is 0 Å². The Balaban J connectivity index is 2.07. The Hall–Kier alpha value is -0.940. The van der Waals surface area contributed by atoms with Gasteiger partial charge in [-0.1, -0.05) is 13.8 Å². The van der Waals surface area contributed by atoms with E-state index in [4.69, 9.17) is 0 Å². The third-order valence-corrected chi connectivity index (χ3v) is 2.53. The molecule has 0 aromatic carbocycles. The number of nitrogens with one attached hydrogen (secondary N) is 2. The van der Waals surface area contributed by atoms with Crippen LogP contribution in [0.25, 0.3) is 0 Å². The van der Waals surface area contributed by atoms with Crippen molar-refractivity contribution in [3.8, 4) is 0 Å². The molecule has 1 rings (SSSR count). The fourth-order valence-electron chi connectivity index (χ4n) is 1.00. The van der Waals surface area contributed by atoms with Gasteiger partial charge in [-0.3, -0.25) is 4.79 Å². The summed E-state index contributed by atoms with van der Waals surface area (Å²) in [4.78, 5) is 15.4. The molecule has 1 aromatic heterocycles. The maximum atomic E-state index is 11.3. The molecular weight excluding hydrogens is 210 g/mol. The van der Waals surface area contributed by atoms with Crippen LogP contribution in [0.15, 0.2) is 11.6 Å². The lowest BCUT2D eigenvalue weighted by atomic mass is 10.2. The minimum Gasteiger partial charge on any atom is -0.355 e. The number of carbonyl (C=O) groups is 1. The summed E-state index contributed by atoms with van der Waals surface area (Å²) in [5.41, 5.74) is 0. The van der Waals surface area contributed by atoms with Gasteiger partial charge >= 0.3 is 0 Å². The molecule has 0 saturated heterocycles. The van der Waals surface area contributed by atoms with Crippen molar-refractivity contribution in [2.75, 3.05) is 13.1 Å². The highest BCUT2D eigenvalue weighted by molar-refractivity contribution is 7.09. The van der Waals surface area contributed by atoms with E-state index in [2.05, 4.69) is 29.5 Å². The van der Waals surface area contributed by atoms with Crippen LogP contribution in [0.4, 0.5) is 0 Å². The first-order valence-corrected chi connectivity index (χ1v) is 5.92. The van der Waals surface area contributed by atoms with Gasteiger partial charge < -0.3 is 10.6 Å². The lowest BCUT2D eigenvalue weighted by Crippen LogP contribution is -2.35. The Bertz CT molecular complexity index is 285. The Labute approximate surface area is 94.1 Å². The van der Waals surface area contributed by atoms with Gasteiger partial charge in [-0.25, -0.2) is 4.98 Å². The van der Waals surface area contributed by atoms with Gasteiger partial charge in [-0.15, -0.1) is 11.3 Å². The third-order valence-electron chi connectivity index (χ3n) is 1.75. The smallest absolute Gasteiger partial charge is 0.233 e. The van der Waals surface area contributed by atoms with Crippen LogP contribution in [0.1, 0.15) is 18.9 Å². The van der Waals surface area contributed by atoms with Crippen LogP contribution in [-0.2, 0) is 11.3 Å². The molecule has 0 aliphatic carbocycles. The predicted octanol–water partition coefficient (Wildman–Crippen LogP) is 1.00. The molecule has 1 amide bonds. The van der Waals surface area contributed by atoms with E-state index in [1.807, 2.05) is 5.38 Å². The molecule has 0 aliphatic rings. The maximum Gasteiger partial charge on any atom is 0.233 e. The number of aromatic nitrogens is 1. The number of rotatable bonds is 6. The lowest BCUT2D eigenvalue weighted by Gasteiger charge is -2.07. The van der Waals surface area contributed by atoms with E-state index >= 15 is 0 Å². The van der Waals surface area contributed by atoms with Gasteiger partial charge in [0, 0.05) is 24.7 Å². The summed E-state index contributed by atoms with van der Waals surface area (Å²) in [7, 11) is 0. The van der Waals surface area contributed by atoms with E-state index in [-0.39, 0.29) is 5.91 Å². The standard InChI is InChI=1S/C10H17N3OS/c1-8(2)5-13-9(14)6-11-7-10-12-3-4-15-10/h3-4,8,11H,5-7H2,1-2H3,(H,13,14). The van der Waals surface area contributed by atoms with E-state index in [1.165, 1.54) is 0 Å². The van der Waals surface area contributed by atoms with E-state index in [0.29, 0.717) is 19.0 Å². The van der Waals surface area contributed by atoms with Gasteiger partial charge in [0.15, 0.2) is 0 Å². The van der Waals surface area contributed by atoms with Crippen LogP contribution >= 0.6 is 11.3 Å². The predicted molar refractivity (Wildman–Crippen MR) is 61.7 cm³/mol. The number of carbonyl (C=O) groups excluding carboxylic acids is 1. The number of nitrogens with zero attached hydrogens (tertiary/aromatic N) is 1. The highest BCUT2D eigenvalue weighted by Gasteiger charge is 2.02. The largest absolute Gasteiger partial charge is 0.355 e. The van der Waals surface area contributed by atoms with Crippen molar-refractivity contribution < 1.29 is 4.79 Å². The van der Waals surface area contributed by atoms with Crippen molar-refractivity contribution in [3.63, 3.8) is 0 Å². The zero-order valence-electron chi connectivity index (χ0n) is 9.12. The Kier molecular flexibility index (Phi) is 5.28. The first-order valence-electron chi connectivity index (χ1n) is 5.04. The number of thiazole rings is 1. The summed E-state index contributed by atoms with van der Waals surface area (Å²) in [6.45, 7) is 5.89. The Morgan fingerprint density at radius 2 is 2.40 bits per heavy atom. The molecule has 0 spiro atoms. The molecule has 0 aliphatic heterocycles. The van der Waals surface area contributed by atoms with Crippen molar-refractivity contribution >= 4 is 17.2 Å². The number of hydrogen-bond donors (Lipinski definition) is 2. The molecule has 0 bridgehead atoms. The van der Waals surface area contributed by atoms with Crippen LogP contribution in [-0.4, -0.2) is 24.0 Å². The third kappa shape index (κ3) is 5.49. The van der Waals surface area contributed by atoms with Crippen molar-refractivity contribution in [3.05, 3.63) is 16.6 Å². The second-order valence-corrected chi connectivity index (χ2v) is 4.71. The van der Waals surface area contributed by atoms with Gasteiger partial charge in [0.05, 0.1) is 6.54 Å². The SMILES string of the molecule is CC(C)CNC(=O)CNCc1nccs1. The second-order valence-electron chi connectivity index (χ2n) is 3.73. The molecule has 4 nitrogen and oxygen atoms in total. The Morgan fingerprint density at radius 1 is 1.60 bits per heavy atom. The zero-order chi connectivity index (χ0) is 11.1. The second kappa shape index (κ2) is 6.53. The fraction of sp³-hybridized carbons (Fsp3) is 0.600. The summed E-state index contributed by atoms with van der Waals surface area (Å²) in [5, 5.41) is 8.82. The molecule has 0 unspecified atom stereocenters. The molecule has 1 aromatic rings. The molecule has 0 atom stereocenters. The average molecular weight is 227 g/mol. The molecular formula is C10H17N3OS. The van der Waals surface area contributed by atoms with Gasteiger partial charge in [0.2, 0.25) is 5.91 Å². The number of hydrogen-bond acceptors (Lipinski definition) is 4. The van der Waals surface area contributed by atoms with Crippen LogP contribution in [0, 0.1) is 5.92 Å². The highest BCUT2D eigenvalue weighted by atomic mass is 32.1. The molecule has 84 valence electrons. The van der Waals surface area contributed by atoms with Gasteiger partial charge in [0.1, 0.15) is 5.01 Å². The molecule has 1 heterocycles. The Morgan fingerprint density at radius 3 is 3.00 bits per heavy atom. The maximum absolute atomic E-state index is 11.3. The minimum atomic E-state index is 0.0419. The summed E-state index contributed by atoms with van der Waals surface area (Å²) in [6.07, 6.45) is 1.76. The minimum absolute atomic E-state index is 0.0419.